The predicted molar refractivity (Wildman–Crippen MR) is 44.9 cm³/mol. The van der Waals surface area contributed by atoms with Crippen LogP contribution in [0.1, 0.15) is 13.8 Å². The zero-order valence-corrected chi connectivity index (χ0v) is 8.61. The number of hydrazine groups is 1. The number of hydrogen-bond acceptors (Lipinski definition) is 5. The second kappa shape index (κ2) is 4.85. The summed E-state index contributed by atoms with van der Waals surface area (Å²) < 4.78 is 24.8. The number of nitrogens with zero attached hydrogens (tertiary/aromatic N) is 3. The van der Waals surface area contributed by atoms with Gasteiger partial charge in [0, 0.05) is 0 Å². The van der Waals surface area contributed by atoms with Gasteiger partial charge in [-0.1, -0.05) is 0 Å². The van der Waals surface area contributed by atoms with Crippen molar-refractivity contribution < 1.29 is 17.7 Å². The first-order valence-corrected chi connectivity index (χ1v) is 5.54. The summed E-state index contributed by atoms with van der Waals surface area (Å²) in [4.78, 5) is 0.112. The van der Waals surface area contributed by atoms with Crippen LogP contribution in [-0.2, 0) is 14.4 Å². The summed E-state index contributed by atoms with van der Waals surface area (Å²) in [5, 5.41) is 15.0. The molecule has 8 heteroatoms. The van der Waals surface area contributed by atoms with E-state index in [9.17, 15) is 13.6 Å². The minimum atomic E-state index is -3.70. The van der Waals surface area contributed by atoms with Crippen molar-refractivity contribution in [2.75, 3.05) is 19.3 Å². The van der Waals surface area contributed by atoms with Crippen LogP contribution in [0, 0.1) is 5.21 Å². The molecular weight excluding hydrogens is 198 g/mol. The van der Waals surface area contributed by atoms with Crippen LogP contribution in [0.15, 0.2) is 5.28 Å². The van der Waals surface area contributed by atoms with Crippen LogP contribution in [0.4, 0.5) is 0 Å². The van der Waals surface area contributed by atoms with Gasteiger partial charge in [-0.05, 0) is 13.8 Å². The van der Waals surface area contributed by atoms with E-state index in [4.69, 9.17) is 0 Å². The predicted octanol–water partition coefficient (Wildman–Crippen LogP) is 0.0969. The van der Waals surface area contributed by atoms with E-state index in [2.05, 4.69) is 9.56 Å². The van der Waals surface area contributed by atoms with Gasteiger partial charge in [-0.2, -0.15) is 8.42 Å². The van der Waals surface area contributed by atoms with Gasteiger partial charge in [0.05, 0.1) is 24.3 Å². The highest BCUT2D eigenvalue weighted by atomic mass is 32.2. The highest BCUT2D eigenvalue weighted by Crippen LogP contribution is 1.93. The molecule has 0 heterocycles. The summed E-state index contributed by atoms with van der Waals surface area (Å²) >= 11 is 0. The van der Waals surface area contributed by atoms with E-state index in [1.165, 1.54) is 5.01 Å². The van der Waals surface area contributed by atoms with Gasteiger partial charge < -0.3 is 5.21 Å². The van der Waals surface area contributed by atoms with Gasteiger partial charge in [0.2, 0.25) is 0 Å². The summed E-state index contributed by atoms with van der Waals surface area (Å²) in [7, 11) is -3.70. The van der Waals surface area contributed by atoms with Crippen LogP contribution >= 0.6 is 0 Å². The highest BCUT2D eigenvalue weighted by Gasteiger charge is 2.09. The molecule has 13 heavy (non-hydrogen) atoms. The van der Waals surface area contributed by atoms with Gasteiger partial charge in [-0.25, -0.2) is 4.28 Å². The lowest BCUT2D eigenvalue weighted by Crippen LogP contribution is -2.30. The van der Waals surface area contributed by atoms with Crippen molar-refractivity contribution in [2.24, 2.45) is 5.28 Å². The Morgan fingerprint density at radius 1 is 1.46 bits per heavy atom. The fraction of sp³-hybridized carbons (Fsp3) is 1.00. The van der Waals surface area contributed by atoms with Crippen molar-refractivity contribution in [1.29, 1.82) is 0 Å². The smallest absolute Gasteiger partial charge is 0.331 e. The Labute approximate surface area is 77.2 Å². The molecule has 0 aromatic rings. The SMILES string of the molecule is CCN(CC)/[N+]([O-])=N/OS(C)(=O)=O. The second-order valence-corrected chi connectivity index (χ2v) is 3.81. The molecule has 0 aliphatic carbocycles. The average Bonchev–Trinajstić information content (AvgIpc) is 2.02. The molecule has 0 saturated heterocycles. The van der Waals surface area contributed by atoms with Crippen LogP contribution in [-0.4, -0.2) is 37.7 Å². The van der Waals surface area contributed by atoms with Crippen molar-refractivity contribution in [3.63, 3.8) is 0 Å². The summed E-state index contributed by atoms with van der Waals surface area (Å²) in [6, 6.07) is 0. The Balaban J connectivity index is 4.31. The maximum Gasteiger partial charge on any atom is 0.331 e. The third kappa shape index (κ3) is 5.23. The van der Waals surface area contributed by atoms with Crippen LogP contribution in [0.25, 0.3) is 0 Å². The van der Waals surface area contributed by atoms with Crippen molar-refractivity contribution in [2.45, 2.75) is 13.8 Å². The third-order valence-corrected chi connectivity index (χ3v) is 1.55. The van der Waals surface area contributed by atoms with Gasteiger partial charge in [0.25, 0.3) is 5.28 Å². The molecule has 0 rings (SSSR count). The molecule has 0 N–H and O–H groups in total. The Kier molecular flexibility index (Phi) is 4.46. The van der Waals surface area contributed by atoms with E-state index in [1.54, 1.807) is 13.8 Å². The molecule has 0 bridgehead atoms. The molecule has 0 spiro atoms. The molecule has 0 atom stereocenters. The maximum absolute atomic E-state index is 10.9. The van der Waals surface area contributed by atoms with Crippen molar-refractivity contribution >= 4 is 10.1 Å². The summed E-state index contributed by atoms with van der Waals surface area (Å²) in [5.41, 5.74) is 0. The van der Waals surface area contributed by atoms with E-state index >= 15 is 0 Å². The molecule has 0 saturated carbocycles. The first-order chi connectivity index (χ1) is 5.90. The van der Waals surface area contributed by atoms with Crippen LogP contribution in [0.2, 0.25) is 0 Å². The van der Waals surface area contributed by atoms with Gasteiger partial charge in [-0.15, -0.1) is 5.01 Å². The monoisotopic (exact) mass is 211 g/mol. The van der Waals surface area contributed by atoms with E-state index in [1.807, 2.05) is 0 Å². The van der Waals surface area contributed by atoms with Crippen LogP contribution in [0.5, 0.6) is 0 Å². The summed E-state index contributed by atoms with van der Waals surface area (Å²) in [6.07, 6.45) is 0.812. The number of hydrogen-bond donors (Lipinski definition) is 0. The number of rotatable bonds is 5. The van der Waals surface area contributed by atoms with Crippen molar-refractivity contribution in [1.82, 2.24) is 5.01 Å². The van der Waals surface area contributed by atoms with E-state index in [0.717, 1.165) is 6.26 Å². The Hall–Kier alpha value is -1.05. The molecular formula is C5H13N3O4S. The maximum atomic E-state index is 10.9. The molecule has 0 aliphatic heterocycles. The topological polar surface area (TPSA) is 85.0 Å². The molecule has 0 aromatic heterocycles. The molecule has 0 unspecified atom stereocenters. The molecule has 0 radical (unpaired) electrons. The molecule has 0 fully saturated rings. The Bertz CT molecular complexity index is 270. The fourth-order valence-corrected chi connectivity index (χ4v) is 0.784. The van der Waals surface area contributed by atoms with Gasteiger partial charge in [-0.3, -0.25) is 0 Å². The molecule has 0 aliphatic rings. The first-order valence-electron chi connectivity index (χ1n) is 3.72. The lowest BCUT2D eigenvalue weighted by molar-refractivity contribution is -0.706. The zero-order valence-electron chi connectivity index (χ0n) is 7.80. The van der Waals surface area contributed by atoms with Crippen molar-refractivity contribution in [3.05, 3.63) is 5.21 Å². The molecule has 78 valence electrons. The largest absolute Gasteiger partial charge is 0.569 e. The first kappa shape index (κ1) is 11.9. The minimum absolute atomic E-state index is 0.112. The fourth-order valence-electron chi connectivity index (χ4n) is 0.606. The molecule has 7 nitrogen and oxygen atoms in total. The summed E-state index contributed by atoms with van der Waals surface area (Å²) in [6.45, 7) is 4.34. The van der Waals surface area contributed by atoms with E-state index < -0.39 is 10.1 Å². The lowest BCUT2D eigenvalue weighted by atomic mass is 10.6. The minimum Gasteiger partial charge on any atom is -0.569 e. The molecule has 0 aromatic carbocycles. The standard InChI is InChI=1S/C5H13N3O4S/c1-4-7(5-2)8(9)6-12-13(3,10)11/h4-5H2,1-3H3/b8-6-. The quantitative estimate of drug-likeness (QED) is 0.365. The normalized spacial score (nSPS) is 12.7. The van der Waals surface area contributed by atoms with Gasteiger partial charge in [0.15, 0.2) is 0 Å². The van der Waals surface area contributed by atoms with Crippen LogP contribution in [0.3, 0.4) is 0 Å². The van der Waals surface area contributed by atoms with Gasteiger partial charge >= 0.3 is 10.1 Å². The average molecular weight is 211 g/mol. The zero-order chi connectivity index (χ0) is 10.5. The summed E-state index contributed by atoms with van der Waals surface area (Å²) in [5.74, 6) is 0. The van der Waals surface area contributed by atoms with E-state index in [0.29, 0.717) is 13.1 Å². The van der Waals surface area contributed by atoms with Crippen LogP contribution < -0.4 is 0 Å². The molecule has 0 amide bonds. The van der Waals surface area contributed by atoms with Crippen molar-refractivity contribution in [3.8, 4) is 0 Å². The lowest BCUT2D eigenvalue weighted by Gasteiger charge is -2.12. The van der Waals surface area contributed by atoms with E-state index in [-0.39, 0.29) is 4.97 Å². The Morgan fingerprint density at radius 2 is 1.92 bits per heavy atom. The Morgan fingerprint density at radius 3 is 2.23 bits per heavy atom. The third-order valence-electron chi connectivity index (χ3n) is 1.21. The second-order valence-electron chi connectivity index (χ2n) is 2.25. The van der Waals surface area contributed by atoms with Gasteiger partial charge in [0.1, 0.15) is 0 Å². The highest BCUT2D eigenvalue weighted by molar-refractivity contribution is 7.85.